The molecule has 0 saturated carbocycles. The molecule has 0 amide bonds. The number of nitrogens with one attached hydrogen (secondary N) is 2. The topological polar surface area (TPSA) is 63.5 Å². The number of aromatic nitrogens is 3. The Hall–Kier alpha value is -1.82. The molecule has 0 saturated heterocycles. The first-order valence-electron chi connectivity index (χ1n) is 6.63. The van der Waals surface area contributed by atoms with Gasteiger partial charge >= 0.3 is 0 Å². The van der Waals surface area contributed by atoms with Gasteiger partial charge in [0.2, 0.25) is 0 Å². The lowest BCUT2D eigenvalue weighted by Gasteiger charge is -2.11. The number of hydrogen-bond donors (Lipinski definition) is 2. The third kappa shape index (κ3) is 3.57. The van der Waals surface area contributed by atoms with Crippen LogP contribution in [-0.2, 0) is 4.74 Å². The van der Waals surface area contributed by atoms with E-state index in [-0.39, 0.29) is 6.10 Å². The number of ether oxygens (including phenoxy) is 1. The molecular weight excluding hydrogens is 242 g/mol. The summed E-state index contributed by atoms with van der Waals surface area (Å²) in [6.45, 7) is 8.29. The minimum atomic E-state index is 0.245. The van der Waals surface area contributed by atoms with Crippen molar-refractivity contribution in [2.45, 2.75) is 26.9 Å². The molecule has 2 N–H and O–H groups in total. The van der Waals surface area contributed by atoms with E-state index < -0.39 is 0 Å². The Morgan fingerprint density at radius 3 is 2.95 bits per heavy atom. The molecule has 0 fully saturated rings. The highest BCUT2D eigenvalue weighted by Gasteiger charge is 2.06. The SMILES string of the molecule is CCNc1cn2ccnc2c(NCCOC(C)C)n1. The molecule has 0 aliphatic rings. The number of rotatable bonds is 7. The predicted octanol–water partition coefficient (Wildman–Crippen LogP) is 2.00. The van der Waals surface area contributed by atoms with Gasteiger partial charge in [0, 0.05) is 25.5 Å². The number of imidazole rings is 1. The summed E-state index contributed by atoms with van der Waals surface area (Å²) < 4.78 is 7.46. The second-order valence-corrected chi connectivity index (χ2v) is 4.51. The van der Waals surface area contributed by atoms with Crippen LogP contribution < -0.4 is 10.6 Å². The summed E-state index contributed by atoms with van der Waals surface area (Å²) in [7, 11) is 0. The van der Waals surface area contributed by atoms with Crippen molar-refractivity contribution in [2.75, 3.05) is 30.3 Å². The van der Waals surface area contributed by atoms with Crippen LogP contribution in [0.1, 0.15) is 20.8 Å². The molecule has 104 valence electrons. The van der Waals surface area contributed by atoms with Crippen molar-refractivity contribution in [1.82, 2.24) is 14.4 Å². The summed E-state index contributed by atoms with van der Waals surface area (Å²) in [6.07, 6.45) is 5.85. The van der Waals surface area contributed by atoms with Gasteiger partial charge in [-0.15, -0.1) is 0 Å². The van der Waals surface area contributed by atoms with Gasteiger partial charge in [-0.25, -0.2) is 9.97 Å². The average Bonchev–Trinajstić information content (AvgIpc) is 2.83. The Kier molecular flexibility index (Phi) is 4.57. The first-order chi connectivity index (χ1) is 9.20. The summed E-state index contributed by atoms with van der Waals surface area (Å²) in [4.78, 5) is 8.82. The molecule has 0 spiro atoms. The van der Waals surface area contributed by atoms with Gasteiger partial charge in [-0.05, 0) is 20.8 Å². The Bertz CT molecular complexity index is 523. The molecule has 6 heteroatoms. The largest absolute Gasteiger partial charge is 0.377 e. The Labute approximate surface area is 113 Å². The van der Waals surface area contributed by atoms with Crippen LogP contribution >= 0.6 is 0 Å². The van der Waals surface area contributed by atoms with Crippen molar-refractivity contribution in [1.29, 1.82) is 0 Å². The quantitative estimate of drug-likeness (QED) is 0.748. The van der Waals surface area contributed by atoms with Crippen molar-refractivity contribution in [3.05, 3.63) is 18.6 Å². The zero-order valence-electron chi connectivity index (χ0n) is 11.7. The van der Waals surface area contributed by atoms with Gasteiger partial charge in [0.05, 0.1) is 18.9 Å². The lowest BCUT2D eigenvalue weighted by atomic mass is 10.5. The molecule has 2 aromatic heterocycles. The molecule has 2 aromatic rings. The van der Waals surface area contributed by atoms with E-state index in [0.29, 0.717) is 13.2 Å². The zero-order chi connectivity index (χ0) is 13.7. The summed E-state index contributed by atoms with van der Waals surface area (Å²) in [5.74, 6) is 1.61. The molecule has 0 bridgehead atoms. The van der Waals surface area contributed by atoms with Gasteiger partial charge in [-0.2, -0.15) is 0 Å². The van der Waals surface area contributed by atoms with E-state index in [2.05, 4.69) is 20.6 Å². The smallest absolute Gasteiger partial charge is 0.180 e. The minimum absolute atomic E-state index is 0.245. The fourth-order valence-corrected chi connectivity index (χ4v) is 1.78. The van der Waals surface area contributed by atoms with Crippen LogP contribution in [0, 0.1) is 0 Å². The van der Waals surface area contributed by atoms with E-state index in [1.807, 2.05) is 37.6 Å². The second-order valence-electron chi connectivity index (χ2n) is 4.51. The van der Waals surface area contributed by atoms with Gasteiger partial charge in [-0.1, -0.05) is 0 Å². The molecule has 2 heterocycles. The van der Waals surface area contributed by atoms with Crippen molar-refractivity contribution in [2.24, 2.45) is 0 Å². The van der Waals surface area contributed by atoms with Crippen LogP contribution in [0.4, 0.5) is 11.6 Å². The maximum absolute atomic E-state index is 5.50. The van der Waals surface area contributed by atoms with Gasteiger partial charge in [0.25, 0.3) is 0 Å². The van der Waals surface area contributed by atoms with Gasteiger partial charge in [-0.3, -0.25) is 0 Å². The van der Waals surface area contributed by atoms with Crippen LogP contribution in [0.2, 0.25) is 0 Å². The molecule has 0 aliphatic heterocycles. The average molecular weight is 263 g/mol. The Morgan fingerprint density at radius 1 is 1.37 bits per heavy atom. The van der Waals surface area contributed by atoms with E-state index in [1.165, 1.54) is 0 Å². The molecule has 2 rings (SSSR count). The van der Waals surface area contributed by atoms with Crippen molar-refractivity contribution in [3.63, 3.8) is 0 Å². The molecule has 6 nitrogen and oxygen atoms in total. The number of nitrogens with zero attached hydrogens (tertiary/aromatic N) is 3. The maximum atomic E-state index is 5.50. The molecule has 0 aliphatic carbocycles. The summed E-state index contributed by atoms with van der Waals surface area (Å²) in [5, 5.41) is 6.48. The number of fused-ring (bicyclic) bond motifs is 1. The fourth-order valence-electron chi connectivity index (χ4n) is 1.78. The molecular formula is C13H21N5O. The van der Waals surface area contributed by atoms with Gasteiger partial charge in [0.15, 0.2) is 11.5 Å². The molecule has 0 atom stereocenters. The molecule has 19 heavy (non-hydrogen) atoms. The molecule has 0 unspecified atom stereocenters. The summed E-state index contributed by atoms with van der Waals surface area (Å²) in [5.41, 5.74) is 0.825. The summed E-state index contributed by atoms with van der Waals surface area (Å²) >= 11 is 0. The summed E-state index contributed by atoms with van der Waals surface area (Å²) in [6, 6.07) is 0. The van der Waals surface area contributed by atoms with Crippen LogP contribution in [-0.4, -0.2) is 40.2 Å². The van der Waals surface area contributed by atoms with E-state index in [0.717, 1.165) is 23.8 Å². The predicted molar refractivity (Wildman–Crippen MR) is 76.7 cm³/mol. The van der Waals surface area contributed by atoms with Gasteiger partial charge in [0.1, 0.15) is 5.82 Å². The van der Waals surface area contributed by atoms with Crippen molar-refractivity contribution in [3.8, 4) is 0 Å². The monoisotopic (exact) mass is 263 g/mol. The third-order valence-corrected chi connectivity index (χ3v) is 2.58. The van der Waals surface area contributed by atoms with Crippen molar-refractivity contribution < 1.29 is 4.74 Å². The maximum Gasteiger partial charge on any atom is 0.180 e. The van der Waals surface area contributed by atoms with Crippen molar-refractivity contribution >= 4 is 17.3 Å². The standard InChI is InChI=1S/C13H21N5O/c1-4-14-11-9-18-7-5-16-13(18)12(17-11)15-6-8-19-10(2)3/h5,7,9-10,14H,4,6,8H2,1-3H3,(H,15,17). The van der Waals surface area contributed by atoms with Crippen LogP contribution in [0.15, 0.2) is 18.6 Å². The molecule has 0 radical (unpaired) electrons. The zero-order valence-corrected chi connectivity index (χ0v) is 11.7. The van der Waals surface area contributed by atoms with Crippen LogP contribution in [0.3, 0.4) is 0 Å². The highest BCUT2D eigenvalue weighted by molar-refractivity contribution is 5.65. The number of anilines is 2. The lowest BCUT2D eigenvalue weighted by molar-refractivity contribution is 0.0870. The van der Waals surface area contributed by atoms with E-state index >= 15 is 0 Å². The lowest BCUT2D eigenvalue weighted by Crippen LogP contribution is -2.15. The van der Waals surface area contributed by atoms with E-state index in [1.54, 1.807) is 6.20 Å². The normalized spacial score (nSPS) is 11.2. The van der Waals surface area contributed by atoms with Crippen LogP contribution in [0.5, 0.6) is 0 Å². The van der Waals surface area contributed by atoms with Gasteiger partial charge < -0.3 is 19.8 Å². The fraction of sp³-hybridized carbons (Fsp3) is 0.538. The van der Waals surface area contributed by atoms with E-state index in [4.69, 9.17) is 4.74 Å². The highest BCUT2D eigenvalue weighted by atomic mass is 16.5. The second kappa shape index (κ2) is 6.38. The Balaban J connectivity index is 2.09. The highest BCUT2D eigenvalue weighted by Crippen LogP contribution is 2.15. The minimum Gasteiger partial charge on any atom is -0.377 e. The number of hydrogen-bond acceptors (Lipinski definition) is 5. The van der Waals surface area contributed by atoms with Crippen LogP contribution in [0.25, 0.3) is 5.65 Å². The first-order valence-corrected chi connectivity index (χ1v) is 6.63. The Morgan fingerprint density at radius 2 is 2.21 bits per heavy atom. The molecule has 0 aromatic carbocycles. The third-order valence-electron chi connectivity index (χ3n) is 2.58. The first kappa shape index (κ1) is 13.6. The van der Waals surface area contributed by atoms with E-state index in [9.17, 15) is 0 Å².